The van der Waals surface area contributed by atoms with Crippen LogP contribution in [-0.4, -0.2) is 29.4 Å². The van der Waals surface area contributed by atoms with Crippen molar-refractivity contribution >= 4 is 39.6 Å². The van der Waals surface area contributed by atoms with Gasteiger partial charge in [0, 0.05) is 16.7 Å². The molecule has 0 aliphatic carbocycles. The van der Waals surface area contributed by atoms with Gasteiger partial charge in [0.2, 0.25) is 5.13 Å². The van der Waals surface area contributed by atoms with E-state index < -0.39 is 0 Å². The maximum absolute atomic E-state index is 5.57. The molecule has 0 aliphatic rings. The van der Waals surface area contributed by atoms with E-state index >= 15 is 0 Å². The molecule has 9 heteroatoms. The fourth-order valence-corrected chi connectivity index (χ4v) is 4.34. The number of hydrogen-bond donors (Lipinski definition) is 1. The second kappa shape index (κ2) is 7.16. The van der Waals surface area contributed by atoms with Crippen molar-refractivity contribution in [1.29, 1.82) is 0 Å². The van der Waals surface area contributed by atoms with Crippen molar-refractivity contribution in [3.05, 3.63) is 29.3 Å². The molecule has 0 aliphatic heterocycles. The lowest BCUT2D eigenvalue weighted by Gasteiger charge is -2.08. The van der Waals surface area contributed by atoms with Crippen LogP contribution in [0.4, 0.5) is 5.13 Å². The van der Waals surface area contributed by atoms with Crippen LogP contribution in [0.5, 0.6) is 11.5 Å². The second-order valence-electron chi connectivity index (χ2n) is 4.41. The predicted octanol–water partition coefficient (Wildman–Crippen LogP) is 3.55. The van der Waals surface area contributed by atoms with Crippen LogP contribution in [0.2, 0.25) is 0 Å². The number of benzene rings is 1. The highest BCUT2D eigenvalue weighted by atomic mass is 32.2. The zero-order valence-corrected chi connectivity index (χ0v) is 14.9. The topological polar surface area (TPSA) is 83.2 Å². The Kier molecular flexibility index (Phi) is 4.99. The molecule has 0 bridgehead atoms. The Hall–Kier alpha value is -1.84. The molecular formula is C14H14N4O2S3. The van der Waals surface area contributed by atoms with Crippen LogP contribution in [0.15, 0.2) is 27.9 Å². The largest absolute Gasteiger partial charge is 0.493 e. The molecule has 0 atom stereocenters. The number of nitrogens with zero attached hydrogens (tertiary/aromatic N) is 3. The third-order valence-electron chi connectivity index (χ3n) is 2.95. The summed E-state index contributed by atoms with van der Waals surface area (Å²) in [5, 5.41) is 11.3. The molecule has 0 radical (unpaired) electrons. The maximum Gasteiger partial charge on any atom is 0.203 e. The van der Waals surface area contributed by atoms with Gasteiger partial charge in [0.1, 0.15) is 5.01 Å². The molecule has 0 amide bonds. The zero-order chi connectivity index (χ0) is 16.2. The highest BCUT2D eigenvalue weighted by Crippen LogP contribution is 2.34. The Balaban J connectivity index is 1.73. The SMILES string of the molecule is COc1ccc(-c2nc(CSc3nnc(N)s3)cs2)cc1OC. The first-order chi connectivity index (χ1) is 11.2. The minimum Gasteiger partial charge on any atom is -0.493 e. The van der Waals surface area contributed by atoms with Crippen LogP contribution in [0.25, 0.3) is 10.6 Å². The number of aromatic nitrogens is 3. The summed E-state index contributed by atoms with van der Waals surface area (Å²) in [5.41, 5.74) is 7.58. The number of nitrogen functional groups attached to an aromatic ring is 1. The lowest BCUT2D eigenvalue weighted by atomic mass is 10.2. The first kappa shape index (κ1) is 16.0. The summed E-state index contributed by atoms with van der Waals surface area (Å²) in [5.74, 6) is 2.14. The number of thioether (sulfide) groups is 1. The van der Waals surface area contributed by atoms with Crippen molar-refractivity contribution in [3.63, 3.8) is 0 Å². The van der Waals surface area contributed by atoms with Crippen LogP contribution >= 0.6 is 34.4 Å². The van der Waals surface area contributed by atoms with E-state index in [0.29, 0.717) is 16.6 Å². The van der Waals surface area contributed by atoms with E-state index in [1.54, 1.807) is 37.3 Å². The van der Waals surface area contributed by atoms with E-state index in [2.05, 4.69) is 15.2 Å². The first-order valence-electron chi connectivity index (χ1n) is 6.58. The summed E-state index contributed by atoms with van der Waals surface area (Å²) in [4.78, 5) is 4.66. The molecule has 1 aromatic carbocycles. The minimum atomic E-state index is 0.483. The van der Waals surface area contributed by atoms with E-state index in [1.807, 2.05) is 23.6 Å². The third kappa shape index (κ3) is 3.74. The molecule has 0 fully saturated rings. The molecule has 120 valence electrons. The molecule has 2 heterocycles. The fraction of sp³-hybridized carbons (Fsp3) is 0.214. The molecule has 2 N–H and O–H groups in total. The number of methoxy groups -OCH3 is 2. The lowest BCUT2D eigenvalue weighted by molar-refractivity contribution is 0.355. The number of anilines is 1. The molecule has 0 spiro atoms. The number of nitrogens with two attached hydrogens (primary N) is 1. The molecule has 23 heavy (non-hydrogen) atoms. The maximum atomic E-state index is 5.57. The molecule has 2 aromatic heterocycles. The van der Waals surface area contributed by atoms with E-state index in [1.165, 1.54) is 11.3 Å². The van der Waals surface area contributed by atoms with Crippen LogP contribution in [0.1, 0.15) is 5.69 Å². The first-order valence-corrected chi connectivity index (χ1v) is 9.26. The van der Waals surface area contributed by atoms with Gasteiger partial charge < -0.3 is 15.2 Å². The monoisotopic (exact) mass is 366 g/mol. The van der Waals surface area contributed by atoms with Crippen LogP contribution < -0.4 is 15.2 Å². The van der Waals surface area contributed by atoms with E-state index in [9.17, 15) is 0 Å². The molecule has 0 unspecified atom stereocenters. The Morgan fingerprint density at radius 3 is 2.70 bits per heavy atom. The number of hydrogen-bond acceptors (Lipinski definition) is 9. The van der Waals surface area contributed by atoms with E-state index in [-0.39, 0.29) is 0 Å². The molecule has 0 saturated heterocycles. The zero-order valence-electron chi connectivity index (χ0n) is 12.5. The van der Waals surface area contributed by atoms with Gasteiger partial charge in [-0.15, -0.1) is 21.5 Å². The second-order valence-corrected chi connectivity index (χ2v) is 7.50. The number of rotatable bonds is 6. The average molecular weight is 366 g/mol. The van der Waals surface area contributed by atoms with Gasteiger partial charge in [-0.25, -0.2) is 4.98 Å². The molecular weight excluding hydrogens is 352 g/mol. The fourth-order valence-electron chi connectivity index (χ4n) is 1.89. The summed E-state index contributed by atoms with van der Waals surface area (Å²) in [6.07, 6.45) is 0. The quantitative estimate of drug-likeness (QED) is 0.668. The average Bonchev–Trinajstić information content (AvgIpc) is 3.21. The summed E-state index contributed by atoms with van der Waals surface area (Å²) in [6, 6.07) is 5.79. The lowest BCUT2D eigenvalue weighted by Crippen LogP contribution is -1.90. The normalized spacial score (nSPS) is 10.7. The van der Waals surface area contributed by atoms with Gasteiger partial charge in [0.05, 0.1) is 19.9 Å². The van der Waals surface area contributed by atoms with Gasteiger partial charge >= 0.3 is 0 Å². The Morgan fingerprint density at radius 1 is 1.17 bits per heavy atom. The van der Waals surface area contributed by atoms with Crippen LogP contribution in [-0.2, 0) is 5.75 Å². The van der Waals surface area contributed by atoms with Crippen molar-refractivity contribution in [2.75, 3.05) is 20.0 Å². The van der Waals surface area contributed by atoms with Gasteiger partial charge in [0.15, 0.2) is 15.8 Å². The van der Waals surface area contributed by atoms with Crippen molar-refractivity contribution in [2.24, 2.45) is 0 Å². The summed E-state index contributed by atoms with van der Waals surface area (Å²) >= 11 is 4.56. The van der Waals surface area contributed by atoms with Gasteiger partial charge in [-0.3, -0.25) is 0 Å². The molecule has 6 nitrogen and oxygen atoms in total. The number of thiazole rings is 1. The summed E-state index contributed by atoms with van der Waals surface area (Å²) < 4.78 is 11.4. The molecule has 3 aromatic rings. The third-order valence-corrected chi connectivity index (χ3v) is 5.81. The van der Waals surface area contributed by atoms with Gasteiger partial charge in [-0.2, -0.15) is 0 Å². The highest BCUT2D eigenvalue weighted by Gasteiger charge is 2.10. The smallest absolute Gasteiger partial charge is 0.203 e. The number of ether oxygens (including phenoxy) is 2. The Labute approximate surface area is 145 Å². The predicted molar refractivity (Wildman–Crippen MR) is 94.5 cm³/mol. The summed E-state index contributed by atoms with van der Waals surface area (Å²) in [6.45, 7) is 0. The minimum absolute atomic E-state index is 0.483. The standard InChI is InChI=1S/C14H14N4O2S3/c1-19-10-4-3-8(5-11(10)20-2)12-16-9(6-21-12)7-22-14-18-17-13(15)23-14/h3-6H,7H2,1-2H3,(H2,15,17). The van der Waals surface area contributed by atoms with Crippen molar-refractivity contribution in [3.8, 4) is 22.1 Å². The Morgan fingerprint density at radius 2 is 2.00 bits per heavy atom. The van der Waals surface area contributed by atoms with E-state index in [4.69, 9.17) is 15.2 Å². The van der Waals surface area contributed by atoms with Gasteiger partial charge in [0.25, 0.3) is 0 Å². The van der Waals surface area contributed by atoms with Gasteiger partial charge in [-0.05, 0) is 18.2 Å². The molecule has 0 saturated carbocycles. The Bertz CT molecular complexity index is 803. The van der Waals surface area contributed by atoms with E-state index in [0.717, 1.165) is 26.4 Å². The molecule has 3 rings (SSSR count). The summed E-state index contributed by atoms with van der Waals surface area (Å²) in [7, 11) is 3.25. The van der Waals surface area contributed by atoms with Crippen molar-refractivity contribution in [1.82, 2.24) is 15.2 Å². The van der Waals surface area contributed by atoms with Crippen molar-refractivity contribution in [2.45, 2.75) is 10.1 Å². The highest BCUT2D eigenvalue weighted by molar-refractivity contribution is 8.00. The van der Waals surface area contributed by atoms with Crippen LogP contribution in [0, 0.1) is 0 Å². The van der Waals surface area contributed by atoms with Crippen molar-refractivity contribution < 1.29 is 9.47 Å². The van der Waals surface area contributed by atoms with Crippen LogP contribution in [0.3, 0.4) is 0 Å². The van der Waals surface area contributed by atoms with Gasteiger partial charge in [-0.1, -0.05) is 23.1 Å².